The molecule has 2 fully saturated rings. The number of nitrogens with zero attached hydrogens (tertiary/aromatic N) is 1. The fourth-order valence-corrected chi connectivity index (χ4v) is 3.22. The molecular formula is C18H26N2O3. The zero-order valence-electron chi connectivity index (χ0n) is 13.7. The van der Waals surface area contributed by atoms with Gasteiger partial charge in [-0.3, -0.25) is 0 Å². The summed E-state index contributed by atoms with van der Waals surface area (Å²) in [5, 5.41) is 3.10. The first-order valence-electron chi connectivity index (χ1n) is 8.55. The van der Waals surface area contributed by atoms with Crippen LogP contribution in [0.4, 0.5) is 4.79 Å². The van der Waals surface area contributed by atoms with Crippen molar-refractivity contribution in [2.75, 3.05) is 26.3 Å². The molecule has 126 valence electrons. The summed E-state index contributed by atoms with van der Waals surface area (Å²) in [4.78, 5) is 14.3. The Kier molecular flexibility index (Phi) is 5.51. The molecule has 3 rings (SSSR count). The molecule has 0 aromatic heterocycles. The van der Waals surface area contributed by atoms with E-state index in [0.29, 0.717) is 19.7 Å². The molecule has 1 aromatic carbocycles. The maximum absolute atomic E-state index is 12.4. The predicted molar refractivity (Wildman–Crippen MR) is 88.4 cm³/mol. The zero-order chi connectivity index (χ0) is 16.1. The Morgan fingerprint density at radius 1 is 1.26 bits per heavy atom. The summed E-state index contributed by atoms with van der Waals surface area (Å²) in [6, 6.07) is 10.6. The number of hydrogen-bond donors (Lipinski definition) is 1. The van der Waals surface area contributed by atoms with Crippen molar-refractivity contribution >= 4 is 6.03 Å². The van der Waals surface area contributed by atoms with E-state index in [2.05, 4.69) is 29.6 Å². The largest absolute Gasteiger partial charge is 0.376 e. The van der Waals surface area contributed by atoms with E-state index in [0.717, 1.165) is 25.9 Å². The first-order valence-corrected chi connectivity index (χ1v) is 8.55. The lowest BCUT2D eigenvalue weighted by atomic mass is 10.1. The number of urea groups is 1. The molecule has 2 saturated heterocycles. The molecule has 5 nitrogen and oxygen atoms in total. The van der Waals surface area contributed by atoms with Crippen LogP contribution in [0, 0.1) is 0 Å². The molecule has 1 aromatic rings. The highest BCUT2D eigenvalue weighted by atomic mass is 16.5. The van der Waals surface area contributed by atoms with Crippen LogP contribution in [-0.2, 0) is 15.9 Å². The summed E-state index contributed by atoms with van der Waals surface area (Å²) in [6.07, 6.45) is 3.04. The molecule has 2 aliphatic rings. The molecule has 1 N–H and O–H groups in total. The lowest BCUT2D eigenvalue weighted by Crippen LogP contribution is -2.53. The summed E-state index contributed by atoms with van der Waals surface area (Å²) in [5.74, 6) is 0. The summed E-state index contributed by atoms with van der Waals surface area (Å²) in [5.41, 5.74) is 1.31. The maximum atomic E-state index is 12.4. The second-order valence-corrected chi connectivity index (χ2v) is 6.38. The normalized spacial score (nSPS) is 27.9. The molecule has 0 aliphatic carbocycles. The number of ether oxygens (including phenoxy) is 2. The van der Waals surface area contributed by atoms with Gasteiger partial charge in [0.25, 0.3) is 0 Å². The Labute approximate surface area is 137 Å². The van der Waals surface area contributed by atoms with Gasteiger partial charge in [0.1, 0.15) is 0 Å². The number of morpholine rings is 1. The molecule has 0 saturated carbocycles. The smallest absolute Gasteiger partial charge is 0.317 e. The number of aryl methyl sites for hydroxylation is 1. The minimum atomic E-state index is 0.0142. The van der Waals surface area contributed by atoms with Crippen LogP contribution in [0.2, 0.25) is 0 Å². The first kappa shape index (κ1) is 16.3. The van der Waals surface area contributed by atoms with Gasteiger partial charge in [-0.25, -0.2) is 4.79 Å². The van der Waals surface area contributed by atoms with Crippen LogP contribution in [0.5, 0.6) is 0 Å². The molecule has 0 bridgehead atoms. The molecule has 0 radical (unpaired) electrons. The Morgan fingerprint density at radius 3 is 2.83 bits per heavy atom. The van der Waals surface area contributed by atoms with E-state index in [4.69, 9.17) is 9.47 Å². The van der Waals surface area contributed by atoms with Gasteiger partial charge in [0.2, 0.25) is 0 Å². The van der Waals surface area contributed by atoms with Crippen molar-refractivity contribution in [1.82, 2.24) is 10.2 Å². The summed E-state index contributed by atoms with van der Waals surface area (Å²) in [7, 11) is 0. The second kappa shape index (κ2) is 7.79. The van der Waals surface area contributed by atoms with Gasteiger partial charge in [-0.1, -0.05) is 30.3 Å². The average molecular weight is 318 g/mol. The second-order valence-electron chi connectivity index (χ2n) is 6.38. The molecule has 2 amide bonds. The average Bonchev–Trinajstić information content (AvgIpc) is 2.99. The third-order valence-corrected chi connectivity index (χ3v) is 4.71. The van der Waals surface area contributed by atoms with Gasteiger partial charge in [-0.2, -0.15) is 0 Å². The quantitative estimate of drug-likeness (QED) is 0.926. The van der Waals surface area contributed by atoms with Gasteiger partial charge in [-0.05, 0) is 31.7 Å². The van der Waals surface area contributed by atoms with Gasteiger partial charge in [-0.15, -0.1) is 0 Å². The van der Waals surface area contributed by atoms with E-state index in [9.17, 15) is 4.79 Å². The van der Waals surface area contributed by atoms with Gasteiger partial charge >= 0.3 is 6.03 Å². The fourth-order valence-electron chi connectivity index (χ4n) is 3.22. The van der Waals surface area contributed by atoms with E-state index < -0.39 is 0 Å². The number of carbonyl (C=O) groups is 1. The van der Waals surface area contributed by atoms with Crippen LogP contribution in [0.15, 0.2) is 30.3 Å². The number of benzene rings is 1. The molecular weight excluding hydrogens is 292 g/mol. The van der Waals surface area contributed by atoms with Crippen molar-refractivity contribution in [2.24, 2.45) is 0 Å². The summed E-state index contributed by atoms with van der Waals surface area (Å²) < 4.78 is 11.3. The summed E-state index contributed by atoms with van der Waals surface area (Å²) in [6.45, 7) is 4.69. The fraction of sp³-hybridized carbons (Fsp3) is 0.611. The Balaban J connectivity index is 1.46. The van der Waals surface area contributed by atoms with Crippen molar-refractivity contribution in [2.45, 2.75) is 44.4 Å². The first-order chi connectivity index (χ1) is 11.2. The predicted octanol–water partition coefficient (Wildman–Crippen LogP) is 2.21. The van der Waals surface area contributed by atoms with E-state index in [-0.39, 0.29) is 24.3 Å². The van der Waals surface area contributed by atoms with Gasteiger partial charge in [0.05, 0.1) is 24.9 Å². The maximum Gasteiger partial charge on any atom is 0.317 e. The van der Waals surface area contributed by atoms with Crippen molar-refractivity contribution in [3.8, 4) is 0 Å². The minimum Gasteiger partial charge on any atom is -0.376 e. The van der Waals surface area contributed by atoms with E-state index in [1.807, 2.05) is 17.9 Å². The van der Waals surface area contributed by atoms with Gasteiger partial charge in [0, 0.05) is 19.7 Å². The van der Waals surface area contributed by atoms with Crippen molar-refractivity contribution < 1.29 is 14.3 Å². The molecule has 2 aliphatic heterocycles. The van der Waals surface area contributed by atoms with Crippen LogP contribution in [0.3, 0.4) is 0 Å². The third kappa shape index (κ3) is 4.45. The molecule has 0 unspecified atom stereocenters. The number of carbonyl (C=O) groups excluding carboxylic acids is 1. The monoisotopic (exact) mass is 318 g/mol. The SMILES string of the molecule is C[C@@H]1OCC[C@@H]1NC(=O)N1CCO[C@@H](CCc2ccccc2)C1. The Hall–Kier alpha value is -1.59. The van der Waals surface area contributed by atoms with E-state index in [1.54, 1.807) is 0 Å². The van der Waals surface area contributed by atoms with Crippen LogP contribution in [0.1, 0.15) is 25.3 Å². The molecule has 23 heavy (non-hydrogen) atoms. The molecule has 3 atom stereocenters. The number of nitrogens with one attached hydrogen (secondary N) is 1. The number of hydrogen-bond acceptors (Lipinski definition) is 3. The lowest BCUT2D eigenvalue weighted by Gasteiger charge is -2.34. The van der Waals surface area contributed by atoms with E-state index in [1.165, 1.54) is 5.56 Å². The van der Waals surface area contributed by atoms with Gasteiger partial charge in [0.15, 0.2) is 0 Å². The topological polar surface area (TPSA) is 50.8 Å². The highest BCUT2D eigenvalue weighted by Gasteiger charge is 2.29. The third-order valence-electron chi connectivity index (χ3n) is 4.71. The van der Waals surface area contributed by atoms with Crippen molar-refractivity contribution in [1.29, 1.82) is 0 Å². The highest BCUT2D eigenvalue weighted by Crippen LogP contribution is 2.15. The minimum absolute atomic E-state index is 0.0142. The summed E-state index contributed by atoms with van der Waals surface area (Å²) >= 11 is 0. The van der Waals surface area contributed by atoms with Crippen LogP contribution in [-0.4, -0.2) is 55.5 Å². The van der Waals surface area contributed by atoms with Crippen molar-refractivity contribution in [3.05, 3.63) is 35.9 Å². The molecule has 5 heteroatoms. The Bertz CT molecular complexity index is 508. The number of amides is 2. The van der Waals surface area contributed by atoms with Crippen LogP contribution in [0.25, 0.3) is 0 Å². The molecule has 2 heterocycles. The van der Waals surface area contributed by atoms with Crippen LogP contribution >= 0.6 is 0 Å². The number of rotatable bonds is 4. The molecule has 0 spiro atoms. The van der Waals surface area contributed by atoms with E-state index >= 15 is 0 Å². The van der Waals surface area contributed by atoms with Gasteiger partial charge < -0.3 is 19.7 Å². The zero-order valence-corrected chi connectivity index (χ0v) is 13.7. The van der Waals surface area contributed by atoms with Crippen LogP contribution < -0.4 is 5.32 Å². The highest BCUT2D eigenvalue weighted by molar-refractivity contribution is 5.74. The lowest BCUT2D eigenvalue weighted by molar-refractivity contribution is -0.0182. The van der Waals surface area contributed by atoms with Crippen molar-refractivity contribution in [3.63, 3.8) is 0 Å². The Morgan fingerprint density at radius 2 is 2.09 bits per heavy atom. The standard InChI is InChI=1S/C18H26N2O3/c1-14-17(9-11-22-14)19-18(21)20-10-12-23-16(13-20)8-7-15-5-3-2-4-6-15/h2-6,14,16-17H,7-13H2,1H3,(H,19,21)/t14-,16-,17-/m0/s1.